The first kappa shape index (κ1) is 33.5. The number of allylic oxidation sites excluding steroid dienone is 4. The van der Waals surface area contributed by atoms with Crippen LogP contribution in [-0.2, 0) is 17.6 Å². The normalized spacial score (nSPS) is 20.1. The molecule has 10 heteroatoms. The van der Waals surface area contributed by atoms with Crippen molar-refractivity contribution < 1.29 is 13.9 Å². The van der Waals surface area contributed by atoms with E-state index in [-0.39, 0.29) is 13.0 Å². The highest BCUT2D eigenvalue weighted by molar-refractivity contribution is 6.29. The predicted molar refractivity (Wildman–Crippen MR) is 166 cm³/mol. The Kier molecular flexibility index (Phi) is 13.3. The van der Waals surface area contributed by atoms with E-state index in [4.69, 9.17) is 26.3 Å². The van der Waals surface area contributed by atoms with Crippen LogP contribution in [-0.4, -0.2) is 77.6 Å². The average Bonchev–Trinajstić information content (AvgIpc) is 3.38. The van der Waals surface area contributed by atoms with Crippen LogP contribution in [0, 0.1) is 11.3 Å². The smallest absolute Gasteiger partial charge is 0.318 e. The minimum absolute atomic E-state index is 0.0894. The second-order valence-electron chi connectivity index (χ2n) is 11.2. The summed E-state index contributed by atoms with van der Waals surface area (Å²) in [6.07, 6.45) is 11.6. The maximum Gasteiger partial charge on any atom is 0.318 e. The van der Waals surface area contributed by atoms with Crippen molar-refractivity contribution in [3.8, 4) is 12.1 Å². The molecular weight excluding hydrogens is 555 g/mol. The quantitative estimate of drug-likeness (QED) is 0.188. The molecule has 2 aliphatic heterocycles. The van der Waals surface area contributed by atoms with Gasteiger partial charge in [-0.15, -0.1) is 0 Å². The first-order valence-corrected chi connectivity index (χ1v) is 15.6. The predicted octanol–water partition coefficient (Wildman–Crippen LogP) is 6.12. The zero-order valence-electron chi connectivity index (χ0n) is 25.7. The molecule has 0 aromatic carbocycles. The Hall–Kier alpha value is -2.96. The third kappa shape index (κ3) is 9.02. The number of nitriles is 1. The number of likely N-dealkylation sites (tertiary alicyclic amines) is 1. The molecule has 3 heterocycles. The van der Waals surface area contributed by atoms with Crippen LogP contribution in [0.25, 0.3) is 0 Å². The minimum Gasteiger partial charge on any atom is -0.462 e. The molecule has 1 amide bonds. The van der Waals surface area contributed by atoms with Crippen LogP contribution in [0.5, 0.6) is 6.01 Å². The molecule has 0 N–H and O–H groups in total. The highest BCUT2D eigenvalue weighted by Gasteiger charge is 2.34. The lowest BCUT2D eigenvalue weighted by Gasteiger charge is -2.41. The van der Waals surface area contributed by atoms with Crippen LogP contribution in [0.2, 0.25) is 0 Å². The largest absolute Gasteiger partial charge is 0.462 e. The van der Waals surface area contributed by atoms with Crippen molar-refractivity contribution in [1.82, 2.24) is 19.8 Å². The Morgan fingerprint density at radius 3 is 2.64 bits per heavy atom. The SMILES string of the molecule is C=C(F)C(=O)N1CCN(c2nc(OCC3CCCN3C)nc(CCCC(/C=C\CC)=C(/C)Cl)c2CCC)CC1CC#N. The summed E-state index contributed by atoms with van der Waals surface area (Å²) in [7, 11) is 2.11. The highest BCUT2D eigenvalue weighted by Crippen LogP contribution is 2.30. The molecule has 8 nitrogen and oxygen atoms in total. The van der Waals surface area contributed by atoms with Crippen molar-refractivity contribution in [3.05, 3.63) is 46.4 Å². The molecule has 0 bridgehead atoms. The topological polar surface area (TPSA) is 85.6 Å². The lowest BCUT2D eigenvalue weighted by Crippen LogP contribution is -2.55. The number of piperazine rings is 1. The number of ether oxygens (including phenoxy) is 1. The van der Waals surface area contributed by atoms with E-state index in [1.54, 1.807) is 0 Å². The van der Waals surface area contributed by atoms with E-state index in [0.29, 0.717) is 31.7 Å². The molecule has 230 valence electrons. The van der Waals surface area contributed by atoms with Gasteiger partial charge in [0, 0.05) is 36.3 Å². The fourth-order valence-corrected chi connectivity index (χ4v) is 5.88. The van der Waals surface area contributed by atoms with Crippen molar-refractivity contribution >= 4 is 23.3 Å². The zero-order valence-corrected chi connectivity index (χ0v) is 26.4. The molecule has 2 atom stereocenters. The summed E-state index contributed by atoms with van der Waals surface area (Å²) in [5.74, 6) is -0.988. The second kappa shape index (κ2) is 16.6. The number of aryl methyl sites for hydroxylation is 1. The van der Waals surface area contributed by atoms with Gasteiger partial charge in [0.05, 0.1) is 24.2 Å². The zero-order chi connectivity index (χ0) is 30.6. The van der Waals surface area contributed by atoms with Crippen LogP contribution < -0.4 is 9.64 Å². The van der Waals surface area contributed by atoms with E-state index >= 15 is 0 Å². The molecule has 2 saturated heterocycles. The van der Waals surface area contributed by atoms with Gasteiger partial charge in [-0.1, -0.05) is 50.6 Å². The van der Waals surface area contributed by atoms with Crippen LogP contribution in [0.4, 0.5) is 10.2 Å². The standard InChI is InChI=1S/C32H46ClFN6O2/c1-6-8-12-25(23(3)33)13-9-15-29-28(11-7-2)30(37-32(36-29)42-22-27-14-10-18-38(27)5)39-19-20-40(31(41)24(4)34)26(21-39)16-17-35/h8,12,26-27H,4,6-7,9-11,13-16,18-22H2,1-3,5H3/b12-8-,25-23-. The number of halogens is 2. The Labute approximate surface area is 255 Å². The van der Waals surface area contributed by atoms with Crippen molar-refractivity contribution in [3.63, 3.8) is 0 Å². The summed E-state index contributed by atoms with van der Waals surface area (Å²) >= 11 is 6.39. The van der Waals surface area contributed by atoms with E-state index in [2.05, 4.69) is 55.5 Å². The van der Waals surface area contributed by atoms with E-state index in [9.17, 15) is 14.4 Å². The van der Waals surface area contributed by atoms with E-state index in [0.717, 1.165) is 85.6 Å². The first-order valence-electron chi connectivity index (χ1n) is 15.2. The molecule has 0 spiro atoms. The van der Waals surface area contributed by atoms with Crippen LogP contribution in [0.15, 0.2) is 35.2 Å². The highest BCUT2D eigenvalue weighted by atomic mass is 35.5. The summed E-state index contributed by atoms with van der Waals surface area (Å²) in [6, 6.07) is 2.36. The summed E-state index contributed by atoms with van der Waals surface area (Å²) in [6.45, 7) is 12.0. The Balaban J connectivity index is 1.94. The van der Waals surface area contributed by atoms with Crippen molar-refractivity contribution in [2.75, 3.05) is 44.7 Å². The van der Waals surface area contributed by atoms with Gasteiger partial charge in [-0.3, -0.25) is 4.79 Å². The van der Waals surface area contributed by atoms with Gasteiger partial charge in [0.2, 0.25) is 0 Å². The summed E-state index contributed by atoms with van der Waals surface area (Å²) in [5, 5.41) is 10.3. The number of nitrogens with zero attached hydrogens (tertiary/aromatic N) is 6. The van der Waals surface area contributed by atoms with Crippen LogP contribution >= 0.6 is 11.6 Å². The third-order valence-corrected chi connectivity index (χ3v) is 8.33. The van der Waals surface area contributed by atoms with E-state index in [1.807, 2.05) is 6.92 Å². The minimum atomic E-state index is -1.01. The third-order valence-electron chi connectivity index (χ3n) is 8.09. The van der Waals surface area contributed by atoms with Crippen molar-refractivity contribution in [1.29, 1.82) is 5.26 Å². The Morgan fingerprint density at radius 1 is 1.24 bits per heavy atom. The van der Waals surface area contributed by atoms with Gasteiger partial charge < -0.3 is 19.4 Å². The number of carbonyl (C=O) groups excluding carboxylic acids is 1. The number of rotatable bonds is 14. The molecular formula is C32H46ClFN6O2. The van der Waals surface area contributed by atoms with E-state index in [1.165, 1.54) is 4.90 Å². The van der Waals surface area contributed by atoms with E-state index < -0.39 is 17.8 Å². The van der Waals surface area contributed by atoms with Crippen molar-refractivity contribution in [2.45, 2.75) is 90.6 Å². The monoisotopic (exact) mass is 600 g/mol. The summed E-state index contributed by atoms with van der Waals surface area (Å²) in [4.78, 5) is 28.2. The molecule has 0 aliphatic carbocycles. The summed E-state index contributed by atoms with van der Waals surface area (Å²) in [5.41, 5.74) is 3.14. The molecule has 2 fully saturated rings. The molecule has 42 heavy (non-hydrogen) atoms. The van der Waals surface area contributed by atoms with Gasteiger partial charge in [-0.25, -0.2) is 4.39 Å². The molecule has 0 radical (unpaired) electrons. The van der Waals surface area contributed by atoms with Gasteiger partial charge in [-0.05, 0) is 71.0 Å². The molecule has 3 rings (SSSR count). The number of hydrogen-bond acceptors (Lipinski definition) is 7. The van der Waals surface area contributed by atoms with Gasteiger partial charge in [0.1, 0.15) is 12.4 Å². The average molecular weight is 601 g/mol. The first-order chi connectivity index (χ1) is 20.2. The summed E-state index contributed by atoms with van der Waals surface area (Å²) < 4.78 is 20.0. The van der Waals surface area contributed by atoms with Crippen molar-refractivity contribution in [2.24, 2.45) is 0 Å². The van der Waals surface area contributed by atoms with Gasteiger partial charge in [0.25, 0.3) is 5.91 Å². The number of aromatic nitrogens is 2. The number of likely N-dealkylation sites (N-methyl/N-ethyl adjacent to an activating group) is 1. The maximum atomic E-state index is 13.8. The molecule has 2 unspecified atom stereocenters. The van der Waals surface area contributed by atoms with Gasteiger partial charge in [0.15, 0.2) is 5.83 Å². The fraction of sp³-hybridized carbons (Fsp3) is 0.625. The lowest BCUT2D eigenvalue weighted by molar-refractivity contribution is -0.131. The number of hydrogen-bond donors (Lipinski definition) is 0. The maximum absolute atomic E-state index is 13.8. The fourth-order valence-electron chi connectivity index (χ4n) is 5.72. The number of amides is 1. The molecule has 1 aromatic heterocycles. The molecule has 2 aliphatic rings. The Morgan fingerprint density at radius 2 is 2.02 bits per heavy atom. The van der Waals surface area contributed by atoms with Gasteiger partial charge in [-0.2, -0.15) is 15.2 Å². The second-order valence-corrected chi connectivity index (χ2v) is 11.7. The van der Waals surface area contributed by atoms with Crippen LogP contribution in [0.1, 0.15) is 77.0 Å². The van der Waals surface area contributed by atoms with Crippen LogP contribution in [0.3, 0.4) is 0 Å². The molecule has 0 saturated carbocycles. The Bertz CT molecular complexity index is 1190. The molecule has 1 aromatic rings. The number of carbonyl (C=O) groups is 1. The van der Waals surface area contributed by atoms with Gasteiger partial charge >= 0.3 is 6.01 Å². The lowest BCUT2D eigenvalue weighted by atomic mass is 10.0. The number of anilines is 1.